The van der Waals surface area contributed by atoms with Crippen LogP contribution in [0.5, 0.6) is 5.75 Å². The molecule has 2 rings (SSSR count). The number of carboxylic acid groups (broad SMARTS) is 1. The lowest BCUT2D eigenvalue weighted by Gasteiger charge is -2.23. The number of benzene rings is 1. The van der Waals surface area contributed by atoms with Crippen LogP contribution in [0.1, 0.15) is 43.2 Å². The summed E-state index contributed by atoms with van der Waals surface area (Å²) >= 11 is 6.46. The molecule has 4 atom stereocenters. The molecule has 26 heavy (non-hydrogen) atoms. The molecule has 0 saturated heterocycles. The van der Waals surface area contributed by atoms with Gasteiger partial charge in [0.15, 0.2) is 0 Å². The van der Waals surface area contributed by atoms with E-state index in [-0.39, 0.29) is 23.6 Å². The van der Waals surface area contributed by atoms with Crippen molar-refractivity contribution in [1.82, 2.24) is 0 Å². The standard InChI is InChI=1S/C21H29ClO4/c1-14-9-10-20(15(2)11-14)26-13-17-16(18(22)12-19(17)23)7-5-3-4-6-8-21(24)25/h3,5,9-11,16-19,23H,4,6-8,12-13H2,1-2H3,(H,24,25)/t16-,17-,18-,19-/m1/s1. The number of ether oxygens (including phenoxy) is 1. The zero-order valence-corrected chi connectivity index (χ0v) is 16.3. The van der Waals surface area contributed by atoms with Crippen molar-refractivity contribution in [3.05, 3.63) is 41.5 Å². The first-order chi connectivity index (χ1) is 12.4. The molecule has 0 bridgehead atoms. The van der Waals surface area contributed by atoms with E-state index < -0.39 is 12.1 Å². The highest BCUT2D eigenvalue weighted by atomic mass is 35.5. The first-order valence-electron chi connectivity index (χ1n) is 9.27. The van der Waals surface area contributed by atoms with E-state index in [4.69, 9.17) is 21.4 Å². The van der Waals surface area contributed by atoms with Crippen molar-refractivity contribution in [2.45, 2.75) is 57.4 Å². The van der Waals surface area contributed by atoms with Crippen molar-refractivity contribution >= 4 is 17.6 Å². The van der Waals surface area contributed by atoms with Crippen molar-refractivity contribution in [3.8, 4) is 5.75 Å². The number of rotatable bonds is 9. The fraction of sp³-hybridized carbons (Fsp3) is 0.571. The number of hydrogen-bond acceptors (Lipinski definition) is 3. The van der Waals surface area contributed by atoms with Gasteiger partial charge in [-0.25, -0.2) is 0 Å². The van der Waals surface area contributed by atoms with Crippen LogP contribution in [0.4, 0.5) is 0 Å². The summed E-state index contributed by atoms with van der Waals surface area (Å²) in [6, 6.07) is 6.08. The third kappa shape index (κ3) is 6.03. The summed E-state index contributed by atoms with van der Waals surface area (Å²) in [7, 11) is 0. The van der Waals surface area contributed by atoms with Crippen LogP contribution in [-0.2, 0) is 4.79 Å². The third-order valence-corrected chi connectivity index (χ3v) is 5.58. The Labute approximate surface area is 160 Å². The van der Waals surface area contributed by atoms with Gasteiger partial charge in [-0.05, 0) is 57.1 Å². The van der Waals surface area contributed by atoms with Crippen molar-refractivity contribution in [2.75, 3.05) is 6.61 Å². The average molecular weight is 381 g/mol. The molecule has 1 aromatic rings. The summed E-state index contributed by atoms with van der Waals surface area (Å²) in [5.41, 5.74) is 2.29. The molecule has 1 aliphatic carbocycles. The SMILES string of the molecule is Cc1ccc(OC[C@@H]2[C@@H](CC=CCCCC(=O)O)[C@H](Cl)C[C@H]2O)c(C)c1. The molecule has 1 fully saturated rings. The number of alkyl halides is 1. The second-order valence-corrected chi connectivity index (χ2v) is 7.78. The van der Waals surface area contributed by atoms with E-state index in [9.17, 15) is 9.90 Å². The Hall–Kier alpha value is -1.52. The predicted molar refractivity (Wildman–Crippen MR) is 104 cm³/mol. The number of carboxylic acids is 1. The number of aryl methyl sites for hydroxylation is 2. The minimum atomic E-state index is -0.762. The Morgan fingerprint density at radius 2 is 2.08 bits per heavy atom. The highest BCUT2D eigenvalue weighted by molar-refractivity contribution is 6.21. The summed E-state index contributed by atoms with van der Waals surface area (Å²) in [4.78, 5) is 10.5. The number of unbranched alkanes of at least 4 members (excludes halogenated alkanes) is 1. The molecule has 1 aromatic carbocycles. The van der Waals surface area contributed by atoms with Crippen LogP contribution < -0.4 is 4.74 Å². The molecule has 2 N–H and O–H groups in total. The molecule has 5 heteroatoms. The molecule has 1 saturated carbocycles. The molecule has 0 unspecified atom stereocenters. The maximum absolute atomic E-state index is 10.5. The van der Waals surface area contributed by atoms with Gasteiger partial charge in [-0.15, -0.1) is 11.6 Å². The van der Waals surface area contributed by atoms with Gasteiger partial charge in [0, 0.05) is 17.7 Å². The summed E-state index contributed by atoms with van der Waals surface area (Å²) < 4.78 is 5.99. The van der Waals surface area contributed by atoms with E-state index in [1.165, 1.54) is 5.56 Å². The fourth-order valence-corrected chi connectivity index (χ4v) is 4.05. The number of aliphatic hydroxyl groups is 1. The highest BCUT2D eigenvalue weighted by Crippen LogP contribution is 2.39. The number of carbonyl (C=O) groups is 1. The highest BCUT2D eigenvalue weighted by Gasteiger charge is 2.41. The van der Waals surface area contributed by atoms with Gasteiger partial charge in [-0.2, -0.15) is 0 Å². The number of hydrogen-bond donors (Lipinski definition) is 2. The monoisotopic (exact) mass is 380 g/mol. The molecule has 0 spiro atoms. The average Bonchev–Trinajstić information content (AvgIpc) is 2.83. The van der Waals surface area contributed by atoms with Crippen LogP contribution in [0, 0.1) is 25.7 Å². The van der Waals surface area contributed by atoms with E-state index in [0.29, 0.717) is 19.4 Å². The van der Waals surface area contributed by atoms with E-state index in [1.807, 2.05) is 25.1 Å². The maximum atomic E-state index is 10.5. The van der Waals surface area contributed by atoms with Gasteiger partial charge in [0.2, 0.25) is 0 Å². The van der Waals surface area contributed by atoms with Gasteiger partial charge in [0.1, 0.15) is 5.75 Å². The Balaban J connectivity index is 1.88. The van der Waals surface area contributed by atoms with Gasteiger partial charge < -0.3 is 14.9 Å². The first kappa shape index (κ1) is 20.8. The second-order valence-electron chi connectivity index (χ2n) is 7.22. The quantitative estimate of drug-likeness (QED) is 0.376. The Bertz CT molecular complexity index is 628. The Kier molecular flexibility index (Phi) is 7.98. The zero-order valence-electron chi connectivity index (χ0n) is 15.5. The summed E-state index contributed by atoms with van der Waals surface area (Å²) in [5, 5.41) is 18.9. The van der Waals surface area contributed by atoms with E-state index in [1.54, 1.807) is 0 Å². The minimum Gasteiger partial charge on any atom is -0.493 e. The van der Waals surface area contributed by atoms with Crippen molar-refractivity contribution in [1.29, 1.82) is 0 Å². The number of allylic oxidation sites excluding steroid dienone is 2. The van der Waals surface area contributed by atoms with Crippen LogP contribution >= 0.6 is 11.6 Å². The van der Waals surface area contributed by atoms with E-state index >= 15 is 0 Å². The molecular weight excluding hydrogens is 352 g/mol. The molecule has 4 nitrogen and oxygen atoms in total. The number of aliphatic carboxylic acids is 1. The summed E-state index contributed by atoms with van der Waals surface area (Å²) in [6.45, 7) is 4.52. The Morgan fingerprint density at radius 3 is 2.77 bits per heavy atom. The van der Waals surface area contributed by atoms with Gasteiger partial charge in [0.05, 0.1) is 12.7 Å². The molecule has 0 aliphatic heterocycles. The van der Waals surface area contributed by atoms with Gasteiger partial charge in [-0.3, -0.25) is 4.79 Å². The van der Waals surface area contributed by atoms with Crippen LogP contribution in [0.25, 0.3) is 0 Å². The molecule has 0 aromatic heterocycles. The smallest absolute Gasteiger partial charge is 0.303 e. The minimum absolute atomic E-state index is 0.00173. The first-order valence-corrected chi connectivity index (χ1v) is 9.71. The lowest BCUT2D eigenvalue weighted by molar-refractivity contribution is -0.137. The van der Waals surface area contributed by atoms with Crippen LogP contribution in [0.15, 0.2) is 30.4 Å². The summed E-state index contributed by atoms with van der Waals surface area (Å²) in [5.74, 6) is 0.251. The van der Waals surface area contributed by atoms with Gasteiger partial charge >= 0.3 is 5.97 Å². The van der Waals surface area contributed by atoms with Gasteiger partial charge in [-0.1, -0.05) is 29.8 Å². The summed E-state index contributed by atoms with van der Waals surface area (Å²) in [6.07, 6.45) is 6.56. The third-order valence-electron chi connectivity index (χ3n) is 5.07. The van der Waals surface area contributed by atoms with Crippen LogP contribution in [-0.4, -0.2) is 34.3 Å². The lowest BCUT2D eigenvalue weighted by atomic mass is 9.92. The largest absolute Gasteiger partial charge is 0.493 e. The van der Waals surface area contributed by atoms with E-state index in [2.05, 4.69) is 19.1 Å². The maximum Gasteiger partial charge on any atom is 0.303 e. The topological polar surface area (TPSA) is 66.8 Å². The van der Waals surface area contributed by atoms with Gasteiger partial charge in [0.25, 0.3) is 0 Å². The van der Waals surface area contributed by atoms with Crippen molar-refractivity contribution in [3.63, 3.8) is 0 Å². The molecule has 0 heterocycles. The fourth-order valence-electron chi connectivity index (χ4n) is 3.58. The van der Waals surface area contributed by atoms with E-state index in [0.717, 1.165) is 24.2 Å². The second kappa shape index (κ2) is 9.98. The molecule has 0 amide bonds. The normalized spacial score (nSPS) is 25.7. The van der Waals surface area contributed by atoms with Crippen molar-refractivity contribution in [2.24, 2.45) is 11.8 Å². The number of aliphatic hydroxyl groups excluding tert-OH is 1. The van der Waals surface area contributed by atoms with Crippen LogP contribution in [0.3, 0.4) is 0 Å². The molecular formula is C21H29ClO4. The van der Waals surface area contributed by atoms with Crippen molar-refractivity contribution < 1.29 is 19.7 Å². The molecule has 144 valence electrons. The van der Waals surface area contributed by atoms with Crippen LogP contribution in [0.2, 0.25) is 0 Å². The molecule has 1 aliphatic rings. The number of halogens is 1. The predicted octanol–water partition coefficient (Wildman–Crippen LogP) is 4.49. The lowest BCUT2D eigenvalue weighted by Crippen LogP contribution is -2.27. The Morgan fingerprint density at radius 1 is 1.31 bits per heavy atom. The molecule has 0 radical (unpaired) electrons. The zero-order chi connectivity index (χ0) is 19.1.